The SMILES string of the molecule is [B]c1cccc(N(C)c2nc(=O)n(C)c3cc(Cl)ccc23)c1. The fourth-order valence-corrected chi connectivity index (χ4v) is 2.58. The first-order valence-electron chi connectivity index (χ1n) is 6.73. The van der Waals surface area contributed by atoms with Gasteiger partial charge in [-0.2, -0.15) is 4.98 Å². The molecule has 22 heavy (non-hydrogen) atoms. The Kier molecular flexibility index (Phi) is 3.67. The van der Waals surface area contributed by atoms with Crippen LogP contribution in [0.2, 0.25) is 5.02 Å². The predicted octanol–water partition coefficient (Wildman–Crippen LogP) is 2.15. The van der Waals surface area contributed by atoms with Crippen LogP contribution in [-0.4, -0.2) is 24.4 Å². The molecule has 0 fully saturated rings. The van der Waals surface area contributed by atoms with Crippen LogP contribution < -0.4 is 16.1 Å². The maximum absolute atomic E-state index is 12.1. The highest BCUT2D eigenvalue weighted by Gasteiger charge is 2.14. The lowest BCUT2D eigenvalue weighted by Crippen LogP contribution is -2.25. The quantitative estimate of drug-likeness (QED) is 0.681. The van der Waals surface area contributed by atoms with E-state index in [2.05, 4.69) is 4.98 Å². The maximum Gasteiger partial charge on any atom is 0.349 e. The van der Waals surface area contributed by atoms with Crippen LogP contribution in [0.3, 0.4) is 0 Å². The number of anilines is 2. The summed E-state index contributed by atoms with van der Waals surface area (Å²) in [7, 11) is 9.36. The molecule has 4 nitrogen and oxygen atoms in total. The largest absolute Gasteiger partial charge is 0.349 e. The van der Waals surface area contributed by atoms with Crippen molar-refractivity contribution in [2.24, 2.45) is 7.05 Å². The molecular weight excluding hydrogens is 296 g/mol. The maximum atomic E-state index is 12.1. The van der Waals surface area contributed by atoms with Crippen LogP contribution in [-0.2, 0) is 7.05 Å². The van der Waals surface area contributed by atoms with E-state index in [9.17, 15) is 4.79 Å². The van der Waals surface area contributed by atoms with E-state index < -0.39 is 0 Å². The number of rotatable bonds is 2. The first-order chi connectivity index (χ1) is 10.5. The number of hydrogen-bond acceptors (Lipinski definition) is 3. The highest BCUT2D eigenvalue weighted by molar-refractivity contribution is 6.32. The molecule has 2 aromatic carbocycles. The van der Waals surface area contributed by atoms with E-state index in [4.69, 9.17) is 19.4 Å². The third-order valence-corrected chi connectivity index (χ3v) is 3.86. The normalized spacial score (nSPS) is 10.9. The van der Waals surface area contributed by atoms with Crippen molar-refractivity contribution in [1.29, 1.82) is 0 Å². The van der Waals surface area contributed by atoms with Crippen molar-refractivity contribution in [1.82, 2.24) is 9.55 Å². The summed E-state index contributed by atoms with van der Waals surface area (Å²) in [4.78, 5) is 18.2. The fourth-order valence-electron chi connectivity index (χ4n) is 2.41. The third kappa shape index (κ3) is 2.48. The molecule has 2 radical (unpaired) electrons. The Morgan fingerprint density at radius 3 is 2.73 bits per heavy atom. The van der Waals surface area contributed by atoms with Crippen molar-refractivity contribution in [2.75, 3.05) is 11.9 Å². The van der Waals surface area contributed by atoms with E-state index in [1.54, 1.807) is 19.2 Å². The summed E-state index contributed by atoms with van der Waals surface area (Å²) in [5, 5.41) is 1.42. The van der Waals surface area contributed by atoms with Crippen molar-refractivity contribution in [3.05, 3.63) is 58.0 Å². The Balaban J connectivity index is 2.27. The van der Waals surface area contributed by atoms with Gasteiger partial charge in [0.15, 0.2) is 0 Å². The number of hydrogen-bond donors (Lipinski definition) is 0. The highest BCUT2D eigenvalue weighted by atomic mass is 35.5. The smallest absolute Gasteiger partial charge is 0.329 e. The molecule has 0 aliphatic heterocycles. The summed E-state index contributed by atoms with van der Waals surface area (Å²) in [5.41, 5.74) is 1.91. The van der Waals surface area contributed by atoms with Gasteiger partial charge in [-0.05, 0) is 30.3 Å². The lowest BCUT2D eigenvalue weighted by atomic mass is 9.96. The van der Waals surface area contributed by atoms with Crippen molar-refractivity contribution in [2.45, 2.75) is 0 Å². The van der Waals surface area contributed by atoms with E-state index in [-0.39, 0.29) is 5.69 Å². The lowest BCUT2D eigenvalue weighted by Gasteiger charge is -2.21. The molecule has 0 amide bonds. The molecule has 0 saturated carbocycles. The number of benzene rings is 2. The lowest BCUT2D eigenvalue weighted by molar-refractivity contribution is 0.848. The van der Waals surface area contributed by atoms with Gasteiger partial charge in [0.05, 0.1) is 5.52 Å². The average molecular weight is 310 g/mol. The van der Waals surface area contributed by atoms with Gasteiger partial charge in [-0.1, -0.05) is 29.2 Å². The molecule has 0 N–H and O–H groups in total. The Bertz CT molecular complexity index is 923. The van der Waals surface area contributed by atoms with Gasteiger partial charge in [0.2, 0.25) is 0 Å². The second-order valence-electron chi connectivity index (χ2n) is 5.09. The summed E-state index contributed by atoms with van der Waals surface area (Å²) < 4.78 is 1.48. The predicted molar refractivity (Wildman–Crippen MR) is 91.9 cm³/mol. The molecule has 0 spiro atoms. The summed E-state index contributed by atoms with van der Waals surface area (Å²) in [5.74, 6) is 0.570. The molecule has 1 heterocycles. The minimum atomic E-state index is -0.333. The molecule has 6 heteroatoms. The Morgan fingerprint density at radius 2 is 2.00 bits per heavy atom. The Labute approximate surface area is 134 Å². The Hall–Kier alpha value is -2.27. The van der Waals surface area contributed by atoms with Gasteiger partial charge in [-0.3, -0.25) is 4.57 Å². The van der Waals surface area contributed by atoms with Crippen LogP contribution in [0.1, 0.15) is 0 Å². The molecular formula is C16H13BClN3O. The molecule has 0 atom stereocenters. The molecule has 3 rings (SSSR count). The molecule has 3 aromatic rings. The number of nitrogens with zero attached hydrogens (tertiary/aromatic N) is 3. The van der Waals surface area contributed by atoms with E-state index in [0.717, 1.165) is 16.6 Å². The first kappa shape index (κ1) is 14.7. The minimum Gasteiger partial charge on any atom is -0.329 e. The minimum absolute atomic E-state index is 0.333. The van der Waals surface area contributed by atoms with Gasteiger partial charge >= 0.3 is 5.69 Å². The van der Waals surface area contributed by atoms with Crippen LogP contribution in [0.4, 0.5) is 11.5 Å². The van der Waals surface area contributed by atoms with Gasteiger partial charge < -0.3 is 4.90 Å². The van der Waals surface area contributed by atoms with E-state index in [1.165, 1.54) is 4.57 Å². The van der Waals surface area contributed by atoms with Crippen LogP contribution in [0.25, 0.3) is 10.9 Å². The first-order valence-corrected chi connectivity index (χ1v) is 7.11. The molecule has 0 aliphatic rings. The van der Waals surface area contributed by atoms with Crippen LogP contribution in [0, 0.1) is 0 Å². The zero-order valence-corrected chi connectivity index (χ0v) is 13.0. The van der Waals surface area contributed by atoms with Gasteiger partial charge in [0, 0.05) is 30.2 Å². The van der Waals surface area contributed by atoms with Gasteiger partial charge in [-0.25, -0.2) is 4.79 Å². The van der Waals surface area contributed by atoms with Gasteiger partial charge in [0.25, 0.3) is 0 Å². The zero-order chi connectivity index (χ0) is 15.9. The third-order valence-electron chi connectivity index (χ3n) is 3.63. The monoisotopic (exact) mass is 309 g/mol. The molecule has 108 valence electrons. The number of fused-ring (bicyclic) bond motifs is 1. The molecule has 0 unspecified atom stereocenters. The molecule has 0 saturated heterocycles. The summed E-state index contributed by atoms with van der Waals surface area (Å²) in [6, 6.07) is 12.8. The van der Waals surface area contributed by atoms with Gasteiger partial charge in [-0.15, -0.1) is 0 Å². The fraction of sp³-hybridized carbons (Fsp3) is 0.125. The molecule has 0 aliphatic carbocycles. The van der Waals surface area contributed by atoms with E-state index >= 15 is 0 Å². The molecule has 0 bridgehead atoms. The topological polar surface area (TPSA) is 38.1 Å². The van der Waals surface area contributed by atoms with Crippen molar-refractivity contribution in [3.8, 4) is 0 Å². The van der Waals surface area contributed by atoms with Crippen LogP contribution in [0.5, 0.6) is 0 Å². The second kappa shape index (κ2) is 5.50. The highest BCUT2D eigenvalue weighted by Crippen LogP contribution is 2.28. The van der Waals surface area contributed by atoms with Gasteiger partial charge in [0.1, 0.15) is 13.7 Å². The average Bonchev–Trinajstić information content (AvgIpc) is 2.50. The van der Waals surface area contributed by atoms with E-state index in [1.807, 2.05) is 42.3 Å². The number of halogens is 1. The van der Waals surface area contributed by atoms with Crippen molar-refractivity contribution in [3.63, 3.8) is 0 Å². The Morgan fingerprint density at radius 1 is 1.23 bits per heavy atom. The zero-order valence-electron chi connectivity index (χ0n) is 12.2. The van der Waals surface area contributed by atoms with Crippen molar-refractivity contribution >= 4 is 47.3 Å². The standard InChI is InChI=1S/C16H13BClN3O/c1-20(12-5-3-4-10(17)8-12)15-13-7-6-11(18)9-14(13)21(2)16(22)19-15/h3-9H,1-2H3. The number of aromatic nitrogens is 2. The summed E-state index contributed by atoms with van der Waals surface area (Å²) in [6.07, 6.45) is 0. The summed E-state index contributed by atoms with van der Waals surface area (Å²) in [6.45, 7) is 0. The van der Waals surface area contributed by atoms with Crippen LogP contribution >= 0.6 is 11.6 Å². The van der Waals surface area contributed by atoms with Crippen LogP contribution in [0.15, 0.2) is 47.3 Å². The second-order valence-corrected chi connectivity index (χ2v) is 5.53. The van der Waals surface area contributed by atoms with E-state index in [0.29, 0.717) is 16.3 Å². The van der Waals surface area contributed by atoms with Crippen molar-refractivity contribution < 1.29 is 0 Å². The molecule has 1 aromatic heterocycles. The number of aryl methyl sites for hydroxylation is 1. The summed E-state index contributed by atoms with van der Waals surface area (Å²) >= 11 is 6.05.